The van der Waals surface area contributed by atoms with Gasteiger partial charge in [0.2, 0.25) is 0 Å². The average Bonchev–Trinajstić information content (AvgIpc) is 3.00. The highest BCUT2D eigenvalue weighted by atomic mass is 19.1. The van der Waals surface area contributed by atoms with Crippen molar-refractivity contribution in [3.63, 3.8) is 0 Å². The number of hydrogen-bond donors (Lipinski definition) is 1. The van der Waals surface area contributed by atoms with E-state index in [0.717, 1.165) is 16.0 Å². The second-order valence-electron chi connectivity index (χ2n) is 7.14. The Morgan fingerprint density at radius 2 is 1.84 bits per heavy atom. The summed E-state index contributed by atoms with van der Waals surface area (Å²) in [5.41, 5.74) is 2.97. The lowest BCUT2D eigenvalue weighted by atomic mass is 10.0. The van der Waals surface area contributed by atoms with Crippen LogP contribution in [-0.2, 0) is 16.1 Å². The van der Waals surface area contributed by atoms with Crippen molar-refractivity contribution in [2.45, 2.75) is 13.5 Å². The van der Waals surface area contributed by atoms with Gasteiger partial charge in [-0.3, -0.25) is 19.5 Å². The van der Waals surface area contributed by atoms with Crippen LogP contribution in [0.25, 0.3) is 5.57 Å². The lowest BCUT2D eigenvalue weighted by Crippen LogP contribution is -2.32. The Balaban J connectivity index is 1.78. The molecule has 1 aliphatic heterocycles. The smallest absolute Gasteiger partial charge is 0.278 e. The number of rotatable bonds is 6. The number of ether oxygens (including phenoxy) is 1. The van der Waals surface area contributed by atoms with Gasteiger partial charge in [-0.25, -0.2) is 4.39 Å². The van der Waals surface area contributed by atoms with Crippen LogP contribution < -0.4 is 10.1 Å². The predicted octanol–water partition coefficient (Wildman–Crippen LogP) is 3.93. The maximum atomic E-state index is 13.5. The number of benzene rings is 2. The number of pyridine rings is 1. The molecule has 4 rings (SSSR count). The average molecular weight is 417 g/mol. The Labute approximate surface area is 179 Å². The van der Waals surface area contributed by atoms with Crippen LogP contribution in [0.4, 0.5) is 10.1 Å². The van der Waals surface area contributed by atoms with Crippen LogP contribution in [0, 0.1) is 12.7 Å². The molecule has 1 N–H and O–H groups in total. The molecule has 7 heteroatoms. The molecule has 2 heterocycles. The van der Waals surface area contributed by atoms with E-state index in [4.69, 9.17) is 4.74 Å². The summed E-state index contributed by atoms with van der Waals surface area (Å²) in [7, 11) is 1.53. The van der Waals surface area contributed by atoms with E-state index >= 15 is 0 Å². The molecule has 0 saturated heterocycles. The molecular formula is C24H20FN3O3. The molecule has 0 fully saturated rings. The van der Waals surface area contributed by atoms with Gasteiger partial charge in [-0.1, -0.05) is 24.3 Å². The molecule has 0 aliphatic carbocycles. The minimum absolute atomic E-state index is 0.0757. The lowest BCUT2D eigenvalue weighted by Gasteiger charge is -2.16. The molecule has 1 aromatic heterocycles. The van der Waals surface area contributed by atoms with Gasteiger partial charge in [0.25, 0.3) is 11.8 Å². The van der Waals surface area contributed by atoms with Gasteiger partial charge in [-0.15, -0.1) is 0 Å². The van der Waals surface area contributed by atoms with E-state index in [2.05, 4.69) is 10.3 Å². The van der Waals surface area contributed by atoms with Crippen molar-refractivity contribution < 1.29 is 18.7 Å². The summed E-state index contributed by atoms with van der Waals surface area (Å²) >= 11 is 0. The number of halogens is 1. The summed E-state index contributed by atoms with van der Waals surface area (Å²) in [5.74, 6) is -0.836. The summed E-state index contributed by atoms with van der Waals surface area (Å²) in [6, 6.07) is 14.5. The Bertz CT molecular complexity index is 1170. The molecule has 0 saturated carbocycles. The van der Waals surface area contributed by atoms with Gasteiger partial charge in [0.05, 0.1) is 24.9 Å². The van der Waals surface area contributed by atoms with Crippen LogP contribution in [0.3, 0.4) is 0 Å². The summed E-state index contributed by atoms with van der Waals surface area (Å²) < 4.78 is 18.9. The fraction of sp³-hybridized carbons (Fsp3) is 0.125. The Morgan fingerprint density at radius 1 is 1.06 bits per heavy atom. The highest BCUT2D eigenvalue weighted by molar-refractivity contribution is 6.36. The number of imide groups is 1. The summed E-state index contributed by atoms with van der Waals surface area (Å²) in [6.45, 7) is 1.99. The first-order chi connectivity index (χ1) is 15.0. The van der Waals surface area contributed by atoms with E-state index < -0.39 is 17.6 Å². The molecule has 2 amide bonds. The molecule has 0 bridgehead atoms. The minimum Gasteiger partial charge on any atom is -0.495 e. The molecule has 3 aromatic rings. The molecule has 1 aliphatic rings. The number of methoxy groups -OCH3 is 1. The van der Waals surface area contributed by atoms with E-state index in [-0.39, 0.29) is 17.8 Å². The fourth-order valence-corrected chi connectivity index (χ4v) is 3.45. The number of carbonyl (C=O) groups excluding carboxylic acids is 2. The summed E-state index contributed by atoms with van der Waals surface area (Å²) in [5, 5.41) is 3.09. The monoisotopic (exact) mass is 417 g/mol. The number of nitrogens with zero attached hydrogens (tertiary/aromatic N) is 2. The third kappa shape index (κ3) is 4.02. The van der Waals surface area contributed by atoms with Crippen molar-refractivity contribution in [1.82, 2.24) is 9.88 Å². The van der Waals surface area contributed by atoms with Crippen molar-refractivity contribution in [1.29, 1.82) is 0 Å². The number of hydrogen-bond acceptors (Lipinski definition) is 5. The first-order valence-electron chi connectivity index (χ1n) is 9.65. The number of nitrogens with one attached hydrogen (secondary N) is 1. The molecule has 0 atom stereocenters. The SMILES string of the molecule is COc1ccc(C)cc1NC1=C(c2ccc(F)cc2)C(=O)N(Cc2cccnc2)C1=O. The molecule has 2 aromatic carbocycles. The van der Waals surface area contributed by atoms with Crippen molar-refractivity contribution in [2.24, 2.45) is 0 Å². The number of aromatic nitrogens is 1. The second-order valence-corrected chi connectivity index (χ2v) is 7.14. The van der Waals surface area contributed by atoms with Crippen LogP contribution >= 0.6 is 0 Å². The maximum absolute atomic E-state index is 13.5. The summed E-state index contributed by atoms with van der Waals surface area (Å²) in [6.07, 6.45) is 3.23. The Morgan fingerprint density at radius 3 is 2.52 bits per heavy atom. The normalized spacial score (nSPS) is 13.7. The number of carbonyl (C=O) groups is 2. The predicted molar refractivity (Wildman–Crippen MR) is 114 cm³/mol. The highest BCUT2D eigenvalue weighted by Crippen LogP contribution is 2.34. The van der Waals surface area contributed by atoms with Gasteiger partial charge < -0.3 is 10.1 Å². The number of aryl methyl sites for hydroxylation is 1. The van der Waals surface area contributed by atoms with Crippen LogP contribution in [0.2, 0.25) is 0 Å². The molecule has 0 radical (unpaired) electrons. The fourth-order valence-electron chi connectivity index (χ4n) is 3.45. The third-order valence-electron chi connectivity index (χ3n) is 4.98. The van der Waals surface area contributed by atoms with E-state index in [9.17, 15) is 14.0 Å². The minimum atomic E-state index is -0.475. The van der Waals surface area contributed by atoms with E-state index in [1.54, 1.807) is 30.6 Å². The van der Waals surface area contributed by atoms with Gasteiger partial charge >= 0.3 is 0 Å². The lowest BCUT2D eigenvalue weighted by molar-refractivity contribution is -0.137. The standard InChI is InChI=1S/C24H20FN3O3/c1-15-5-10-20(31-2)19(12-15)27-22-21(17-6-8-18(25)9-7-17)23(29)28(24(22)30)14-16-4-3-11-26-13-16/h3-13,27H,14H2,1-2H3. The molecule has 31 heavy (non-hydrogen) atoms. The van der Waals surface area contributed by atoms with Crippen molar-refractivity contribution in [3.05, 3.63) is 95.2 Å². The molecule has 156 valence electrons. The van der Waals surface area contributed by atoms with Crippen LogP contribution in [-0.4, -0.2) is 28.8 Å². The largest absolute Gasteiger partial charge is 0.495 e. The quantitative estimate of drug-likeness (QED) is 0.616. The van der Waals surface area contributed by atoms with E-state index in [1.165, 1.54) is 31.4 Å². The molecular weight excluding hydrogens is 397 g/mol. The molecule has 0 unspecified atom stereocenters. The maximum Gasteiger partial charge on any atom is 0.278 e. The van der Waals surface area contributed by atoms with E-state index in [1.807, 2.05) is 19.1 Å². The van der Waals surface area contributed by atoms with Crippen LogP contribution in [0.1, 0.15) is 16.7 Å². The van der Waals surface area contributed by atoms with Crippen LogP contribution in [0.15, 0.2) is 72.7 Å². The summed E-state index contributed by atoms with van der Waals surface area (Å²) in [4.78, 5) is 31.8. The van der Waals surface area contributed by atoms with Crippen molar-refractivity contribution in [3.8, 4) is 5.75 Å². The van der Waals surface area contributed by atoms with E-state index in [0.29, 0.717) is 17.0 Å². The van der Waals surface area contributed by atoms with Crippen LogP contribution in [0.5, 0.6) is 5.75 Å². The zero-order valence-corrected chi connectivity index (χ0v) is 17.1. The number of anilines is 1. The second kappa shape index (κ2) is 8.39. The Kier molecular flexibility index (Phi) is 5.49. The highest BCUT2D eigenvalue weighted by Gasteiger charge is 2.39. The molecule has 0 spiro atoms. The van der Waals surface area contributed by atoms with Gasteiger partial charge in [0.15, 0.2) is 0 Å². The van der Waals surface area contributed by atoms with Gasteiger partial charge in [-0.05, 0) is 53.9 Å². The van der Waals surface area contributed by atoms with Crippen molar-refractivity contribution >= 4 is 23.1 Å². The Hall–Kier alpha value is -4.00. The third-order valence-corrected chi connectivity index (χ3v) is 4.98. The zero-order valence-electron chi connectivity index (χ0n) is 17.1. The first kappa shape index (κ1) is 20.3. The van der Waals surface area contributed by atoms with Crippen molar-refractivity contribution in [2.75, 3.05) is 12.4 Å². The zero-order chi connectivity index (χ0) is 22.0. The topological polar surface area (TPSA) is 71.5 Å². The van der Waals surface area contributed by atoms with Gasteiger partial charge in [-0.2, -0.15) is 0 Å². The molecule has 6 nitrogen and oxygen atoms in total. The number of amides is 2. The van der Waals surface area contributed by atoms with Gasteiger partial charge in [0.1, 0.15) is 17.3 Å². The first-order valence-corrected chi connectivity index (χ1v) is 9.65. The van der Waals surface area contributed by atoms with Gasteiger partial charge in [0, 0.05) is 12.4 Å².